The molecule has 3 fully saturated rings. The minimum absolute atomic E-state index is 0.198. The van der Waals surface area contributed by atoms with Crippen molar-refractivity contribution < 1.29 is 4.79 Å². The van der Waals surface area contributed by atoms with Gasteiger partial charge in [-0.15, -0.1) is 11.3 Å². The zero-order chi connectivity index (χ0) is 19.3. The van der Waals surface area contributed by atoms with Gasteiger partial charge >= 0.3 is 0 Å². The molecule has 5 nitrogen and oxygen atoms in total. The van der Waals surface area contributed by atoms with Crippen LogP contribution >= 0.6 is 11.3 Å². The van der Waals surface area contributed by atoms with Crippen LogP contribution in [0.1, 0.15) is 55.6 Å². The maximum Gasteiger partial charge on any atom is 0.230 e. The van der Waals surface area contributed by atoms with Gasteiger partial charge in [0.15, 0.2) is 0 Å². The first kappa shape index (κ1) is 18.4. The Labute approximate surface area is 171 Å². The summed E-state index contributed by atoms with van der Waals surface area (Å²) in [6.07, 6.45) is 7.69. The second-order valence-corrected chi connectivity index (χ2v) is 10.3. The van der Waals surface area contributed by atoms with Crippen LogP contribution in [0.2, 0.25) is 0 Å². The second-order valence-electron chi connectivity index (χ2n) is 9.24. The van der Waals surface area contributed by atoms with E-state index in [1.54, 1.807) is 0 Å². The van der Waals surface area contributed by atoms with Crippen molar-refractivity contribution in [3.8, 4) is 0 Å². The highest BCUT2D eigenvalue weighted by atomic mass is 32.1. The van der Waals surface area contributed by atoms with E-state index in [1.807, 2.05) is 17.7 Å². The molecule has 0 bridgehead atoms. The SMILES string of the molecule is CC(C)n1cnc([C@H]2CN(Cc3cccs3)C[C@@]23CCN(CC2CC2)C3=O)c1. The third kappa shape index (κ3) is 3.20. The first-order valence-electron chi connectivity index (χ1n) is 10.6. The molecule has 4 heterocycles. The third-order valence-corrected chi connectivity index (χ3v) is 7.73. The van der Waals surface area contributed by atoms with Gasteiger partial charge < -0.3 is 9.47 Å². The van der Waals surface area contributed by atoms with Crippen molar-refractivity contribution in [2.75, 3.05) is 26.2 Å². The second kappa shape index (κ2) is 6.99. The maximum atomic E-state index is 13.6. The highest BCUT2D eigenvalue weighted by molar-refractivity contribution is 7.09. The fraction of sp³-hybridized carbons (Fsp3) is 0.636. The van der Waals surface area contributed by atoms with E-state index in [1.165, 1.54) is 17.7 Å². The first-order chi connectivity index (χ1) is 13.5. The number of hydrogen-bond acceptors (Lipinski definition) is 4. The molecule has 1 spiro atoms. The monoisotopic (exact) mass is 398 g/mol. The largest absolute Gasteiger partial charge is 0.342 e. The maximum absolute atomic E-state index is 13.6. The zero-order valence-corrected chi connectivity index (χ0v) is 17.7. The average Bonchev–Trinajstić information content (AvgIpc) is 3.09. The summed E-state index contributed by atoms with van der Waals surface area (Å²) in [7, 11) is 0. The summed E-state index contributed by atoms with van der Waals surface area (Å²) < 4.78 is 2.17. The summed E-state index contributed by atoms with van der Waals surface area (Å²) in [5.74, 6) is 1.34. The van der Waals surface area contributed by atoms with Crippen LogP contribution in [0.4, 0.5) is 0 Å². The van der Waals surface area contributed by atoms with Gasteiger partial charge in [-0.25, -0.2) is 4.98 Å². The van der Waals surface area contributed by atoms with Crippen LogP contribution in [0.15, 0.2) is 30.0 Å². The quantitative estimate of drug-likeness (QED) is 0.744. The van der Waals surface area contributed by atoms with Gasteiger partial charge in [0.2, 0.25) is 5.91 Å². The fourth-order valence-electron chi connectivity index (χ4n) is 5.06. The molecule has 2 aromatic heterocycles. The Hall–Kier alpha value is -1.66. The molecule has 28 heavy (non-hydrogen) atoms. The number of amides is 1. The fourth-order valence-corrected chi connectivity index (χ4v) is 5.80. The van der Waals surface area contributed by atoms with Crippen molar-refractivity contribution in [1.82, 2.24) is 19.4 Å². The smallest absolute Gasteiger partial charge is 0.230 e. The van der Waals surface area contributed by atoms with Crippen molar-refractivity contribution in [2.45, 2.75) is 51.6 Å². The Bertz CT molecular complexity index is 841. The lowest BCUT2D eigenvalue weighted by molar-refractivity contribution is -0.136. The normalized spacial score (nSPS) is 28.3. The molecule has 1 saturated carbocycles. The van der Waals surface area contributed by atoms with E-state index in [4.69, 9.17) is 4.98 Å². The van der Waals surface area contributed by atoms with Gasteiger partial charge in [-0.3, -0.25) is 9.69 Å². The molecular formula is C22H30N4OS. The lowest BCUT2D eigenvalue weighted by Gasteiger charge is -2.28. The number of rotatable bonds is 6. The zero-order valence-electron chi connectivity index (χ0n) is 16.9. The van der Waals surface area contributed by atoms with E-state index >= 15 is 0 Å². The van der Waals surface area contributed by atoms with Gasteiger partial charge in [-0.2, -0.15) is 0 Å². The number of carbonyl (C=O) groups excluding carboxylic acids is 1. The van der Waals surface area contributed by atoms with E-state index < -0.39 is 0 Å². The van der Waals surface area contributed by atoms with Crippen LogP contribution in [0.3, 0.4) is 0 Å². The van der Waals surface area contributed by atoms with Crippen molar-refractivity contribution >= 4 is 17.2 Å². The number of likely N-dealkylation sites (tertiary alicyclic amines) is 2. The lowest BCUT2D eigenvalue weighted by atomic mass is 9.75. The van der Waals surface area contributed by atoms with E-state index in [2.05, 4.69) is 51.9 Å². The summed E-state index contributed by atoms with van der Waals surface area (Å²) in [6, 6.07) is 4.71. The number of imidazole rings is 1. The van der Waals surface area contributed by atoms with E-state index in [9.17, 15) is 4.79 Å². The Morgan fingerprint density at radius 2 is 2.21 bits per heavy atom. The topological polar surface area (TPSA) is 41.4 Å². The van der Waals surface area contributed by atoms with Crippen LogP contribution in [0.25, 0.3) is 0 Å². The molecule has 150 valence electrons. The average molecular weight is 399 g/mol. The van der Waals surface area contributed by atoms with Gasteiger partial charge in [-0.1, -0.05) is 6.07 Å². The number of hydrogen-bond donors (Lipinski definition) is 0. The predicted octanol–water partition coefficient (Wildman–Crippen LogP) is 3.75. The van der Waals surface area contributed by atoms with Crippen LogP contribution in [-0.2, 0) is 11.3 Å². The summed E-state index contributed by atoms with van der Waals surface area (Å²) >= 11 is 1.81. The molecule has 5 rings (SSSR count). The minimum Gasteiger partial charge on any atom is -0.342 e. The Balaban J connectivity index is 1.43. The number of thiophene rings is 1. The van der Waals surface area contributed by atoms with E-state index in [0.717, 1.165) is 50.8 Å². The highest BCUT2D eigenvalue weighted by Crippen LogP contribution is 2.50. The van der Waals surface area contributed by atoms with Crippen molar-refractivity contribution in [1.29, 1.82) is 0 Å². The predicted molar refractivity (Wildman–Crippen MR) is 111 cm³/mol. The minimum atomic E-state index is -0.289. The molecule has 2 saturated heterocycles. The van der Waals surface area contributed by atoms with Crippen LogP contribution in [0.5, 0.6) is 0 Å². The highest BCUT2D eigenvalue weighted by Gasteiger charge is 2.58. The molecule has 0 N–H and O–H groups in total. The Kier molecular flexibility index (Phi) is 4.59. The van der Waals surface area contributed by atoms with Crippen LogP contribution < -0.4 is 0 Å². The number of aromatic nitrogens is 2. The Morgan fingerprint density at radius 1 is 1.36 bits per heavy atom. The number of carbonyl (C=O) groups is 1. The van der Waals surface area contributed by atoms with E-state index in [0.29, 0.717) is 11.9 Å². The molecule has 2 aliphatic heterocycles. The van der Waals surface area contributed by atoms with Crippen LogP contribution in [0, 0.1) is 11.3 Å². The lowest BCUT2D eigenvalue weighted by Crippen LogP contribution is -2.40. The molecule has 1 aliphatic carbocycles. The molecule has 0 radical (unpaired) electrons. The van der Waals surface area contributed by atoms with Gasteiger partial charge in [0.05, 0.1) is 17.4 Å². The van der Waals surface area contributed by atoms with Gasteiger partial charge in [0.1, 0.15) is 0 Å². The first-order valence-corrected chi connectivity index (χ1v) is 11.5. The Morgan fingerprint density at radius 3 is 2.89 bits per heavy atom. The molecule has 3 aliphatic rings. The molecule has 0 unspecified atom stereocenters. The van der Waals surface area contributed by atoms with Gasteiger partial charge in [0, 0.05) is 55.8 Å². The third-order valence-electron chi connectivity index (χ3n) is 6.86. The summed E-state index contributed by atoms with van der Waals surface area (Å²) in [4.78, 5) is 24.4. The van der Waals surface area contributed by atoms with Crippen LogP contribution in [-0.4, -0.2) is 51.4 Å². The molecular weight excluding hydrogens is 368 g/mol. The van der Waals surface area contributed by atoms with Crippen molar-refractivity contribution in [3.63, 3.8) is 0 Å². The van der Waals surface area contributed by atoms with E-state index in [-0.39, 0.29) is 11.3 Å². The summed E-state index contributed by atoms with van der Waals surface area (Å²) in [5.41, 5.74) is 0.812. The molecule has 2 atom stereocenters. The van der Waals surface area contributed by atoms with Gasteiger partial charge in [-0.05, 0) is 50.5 Å². The van der Waals surface area contributed by atoms with Gasteiger partial charge in [0.25, 0.3) is 0 Å². The van der Waals surface area contributed by atoms with Crippen molar-refractivity contribution in [3.05, 3.63) is 40.6 Å². The molecule has 2 aromatic rings. The summed E-state index contributed by atoms with van der Waals surface area (Å²) in [5, 5.41) is 2.14. The number of nitrogens with zero attached hydrogens (tertiary/aromatic N) is 4. The molecule has 1 amide bonds. The van der Waals surface area contributed by atoms with Crippen molar-refractivity contribution in [2.24, 2.45) is 11.3 Å². The standard InChI is InChI=1S/C22H30N4OS/c1-16(2)26-13-20(23-15-26)19-12-24(11-18-4-3-9-28-18)14-22(19)7-8-25(21(22)27)10-17-5-6-17/h3-4,9,13,15-17,19H,5-8,10-12,14H2,1-2H3/t19-,22+/m1/s1. The molecule has 6 heteroatoms. The molecule has 0 aromatic carbocycles. The summed E-state index contributed by atoms with van der Waals surface area (Å²) in [6.45, 7) is 8.98.